The third-order valence-corrected chi connectivity index (χ3v) is 4.44. The highest BCUT2D eigenvalue weighted by atomic mass is 19.4. The maximum Gasteiger partial charge on any atom is 0.433 e. The number of alkyl halides is 3. The van der Waals surface area contributed by atoms with Gasteiger partial charge in [0, 0.05) is 18.7 Å². The van der Waals surface area contributed by atoms with Crippen LogP contribution in [0.3, 0.4) is 0 Å². The number of amides is 1. The summed E-state index contributed by atoms with van der Waals surface area (Å²) in [6, 6.07) is 21.9. The number of carbonyl (C=O) groups excluding carboxylic acids is 1. The summed E-state index contributed by atoms with van der Waals surface area (Å²) >= 11 is 0. The summed E-state index contributed by atoms with van der Waals surface area (Å²) in [5.41, 5.74) is 1.36. The van der Waals surface area contributed by atoms with Gasteiger partial charge in [0.1, 0.15) is 5.69 Å². The zero-order valence-corrected chi connectivity index (χ0v) is 15.0. The minimum Gasteiger partial charge on any atom is -0.352 e. The molecule has 1 heterocycles. The minimum absolute atomic E-state index is 0.101. The van der Waals surface area contributed by atoms with E-state index in [1.165, 1.54) is 0 Å². The van der Waals surface area contributed by atoms with Crippen molar-refractivity contribution in [3.05, 3.63) is 101 Å². The largest absolute Gasteiger partial charge is 0.433 e. The highest BCUT2D eigenvalue weighted by Gasteiger charge is 2.32. The number of pyridine rings is 1. The average molecular weight is 384 g/mol. The first kappa shape index (κ1) is 19.6. The third kappa shape index (κ3) is 4.97. The molecule has 0 spiro atoms. The summed E-state index contributed by atoms with van der Waals surface area (Å²) < 4.78 is 37.7. The lowest BCUT2D eigenvalue weighted by atomic mass is 9.88. The van der Waals surface area contributed by atoms with Crippen molar-refractivity contribution in [3.63, 3.8) is 0 Å². The molecule has 0 saturated heterocycles. The van der Waals surface area contributed by atoms with Crippen molar-refractivity contribution in [2.45, 2.75) is 18.5 Å². The van der Waals surface area contributed by atoms with Crippen LogP contribution in [0, 0.1) is 0 Å². The van der Waals surface area contributed by atoms with Crippen molar-refractivity contribution in [1.29, 1.82) is 0 Å². The van der Waals surface area contributed by atoms with Crippen LogP contribution in [-0.2, 0) is 6.18 Å². The number of rotatable bonds is 6. The molecule has 3 aromatic rings. The van der Waals surface area contributed by atoms with Crippen molar-refractivity contribution >= 4 is 5.91 Å². The second kappa shape index (κ2) is 8.69. The predicted octanol–water partition coefficient (Wildman–Crippen LogP) is 5.05. The zero-order chi connectivity index (χ0) is 20.0. The summed E-state index contributed by atoms with van der Waals surface area (Å²) in [4.78, 5) is 15.6. The Balaban J connectivity index is 1.65. The van der Waals surface area contributed by atoms with Crippen LogP contribution in [0.15, 0.2) is 79.0 Å². The smallest absolute Gasteiger partial charge is 0.352 e. The number of hydrogen-bond acceptors (Lipinski definition) is 2. The number of halogens is 3. The molecular weight excluding hydrogens is 365 g/mol. The van der Waals surface area contributed by atoms with Crippen LogP contribution in [-0.4, -0.2) is 17.4 Å². The first-order chi connectivity index (χ1) is 13.4. The molecule has 6 heteroatoms. The molecule has 0 bridgehead atoms. The molecule has 2 aromatic carbocycles. The zero-order valence-electron chi connectivity index (χ0n) is 15.0. The van der Waals surface area contributed by atoms with Crippen LogP contribution in [0.5, 0.6) is 0 Å². The van der Waals surface area contributed by atoms with Gasteiger partial charge in [-0.3, -0.25) is 9.78 Å². The van der Waals surface area contributed by atoms with Crippen molar-refractivity contribution in [2.75, 3.05) is 6.54 Å². The van der Waals surface area contributed by atoms with E-state index in [2.05, 4.69) is 10.3 Å². The lowest BCUT2D eigenvalue weighted by Crippen LogP contribution is -2.26. The van der Waals surface area contributed by atoms with Gasteiger partial charge in [-0.05, 0) is 29.7 Å². The molecule has 1 N–H and O–H groups in total. The second-order valence-electron chi connectivity index (χ2n) is 6.35. The van der Waals surface area contributed by atoms with Crippen LogP contribution in [0.1, 0.15) is 39.5 Å². The Kier molecular flexibility index (Phi) is 6.09. The van der Waals surface area contributed by atoms with Crippen molar-refractivity contribution < 1.29 is 18.0 Å². The van der Waals surface area contributed by atoms with E-state index in [4.69, 9.17) is 0 Å². The molecule has 3 nitrogen and oxygen atoms in total. The molecule has 0 unspecified atom stereocenters. The van der Waals surface area contributed by atoms with Gasteiger partial charge in [-0.1, -0.05) is 60.7 Å². The highest BCUT2D eigenvalue weighted by Crippen LogP contribution is 2.28. The number of hydrogen-bond donors (Lipinski definition) is 1. The lowest BCUT2D eigenvalue weighted by Gasteiger charge is -2.18. The van der Waals surface area contributed by atoms with Crippen molar-refractivity contribution in [2.24, 2.45) is 0 Å². The Morgan fingerprint density at radius 1 is 0.893 bits per heavy atom. The van der Waals surface area contributed by atoms with Gasteiger partial charge in [0.2, 0.25) is 0 Å². The number of aromatic nitrogens is 1. The average Bonchev–Trinajstić information content (AvgIpc) is 2.72. The fraction of sp³-hybridized carbons (Fsp3) is 0.182. The summed E-state index contributed by atoms with van der Waals surface area (Å²) in [5, 5.41) is 2.77. The van der Waals surface area contributed by atoms with Gasteiger partial charge >= 0.3 is 6.18 Å². The molecule has 3 rings (SSSR count). The Hall–Kier alpha value is -3.15. The van der Waals surface area contributed by atoms with Gasteiger partial charge in [-0.15, -0.1) is 0 Å². The minimum atomic E-state index is -4.52. The van der Waals surface area contributed by atoms with Crippen molar-refractivity contribution in [1.82, 2.24) is 10.3 Å². The fourth-order valence-electron chi connectivity index (χ4n) is 3.02. The second-order valence-corrected chi connectivity index (χ2v) is 6.35. The highest BCUT2D eigenvalue weighted by molar-refractivity contribution is 5.93. The van der Waals surface area contributed by atoms with Crippen LogP contribution < -0.4 is 5.32 Å². The Bertz CT molecular complexity index is 855. The number of carbonyl (C=O) groups is 1. The fourth-order valence-corrected chi connectivity index (χ4v) is 3.02. The Labute approximate surface area is 161 Å². The molecule has 0 atom stereocenters. The summed E-state index contributed by atoms with van der Waals surface area (Å²) in [7, 11) is 0. The molecule has 1 amide bonds. The number of nitrogens with one attached hydrogen (secondary N) is 1. The molecule has 0 radical (unpaired) electrons. The number of nitrogens with zero attached hydrogens (tertiary/aromatic N) is 1. The molecule has 0 aliphatic heterocycles. The first-order valence-corrected chi connectivity index (χ1v) is 8.86. The van der Waals surface area contributed by atoms with Crippen LogP contribution in [0.25, 0.3) is 0 Å². The molecule has 1 aromatic heterocycles. The molecule has 0 fully saturated rings. The van der Waals surface area contributed by atoms with Crippen LogP contribution >= 0.6 is 0 Å². The van der Waals surface area contributed by atoms with Gasteiger partial charge in [-0.25, -0.2) is 0 Å². The van der Waals surface area contributed by atoms with Gasteiger partial charge in [0.25, 0.3) is 5.91 Å². The first-order valence-electron chi connectivity index (χ1n) is 8.86. The summed E-state index contributed by atoms with van der Waals surface area (Å²) in [6.07, 6.45) is -2.91. The van der Waals surface area contributed by atoms with E-state index >= 15 is 0 Å². The third-order valence-electron chi connectivity index (χ3n) is 4.44. The van der Waals surface area contributed by atoms with Gasteiger partial charge < -0.3 is 5.32 Å². The van der Waals surface area contributed by atoms with E-state index in [0.717, 1.165) is 29.5 Å². The van der Waals surface area contributed by atoms with E-state index in [9.17, 15) is 18.0 Å². The van der Waals surface area contributed by atoms with Gasteiger partial charge in [0.05, 0.1) is 5.56 Å². The predicted molar refractivity (Wildman–Crippen MR) is 101 cm³/mol. The van der Waals surface area contributed by atoms with E-state index in [1.54, 1.807) is 0 Å². The molecule has 28 heavy (non-hydrogen) atoms. The molecule has 0 aliphatic carbocycles. The summed E-state index contributed by atoms with van der Waals surface area (Å²) in [5.74, 6) is -0.338. The Morgan fingerprint density at radius 2 is 1.46 bits per heavy atom. The molecule has 0 aliphatic rings. The van der Waals surface area contributed by atoms with Crippen molar-refractivity contribution in [3.8, 4) is 0 Å². The molecule has 144 valence electrons. The Morgan fingerprint density at radius 3 is 1.93 bits per heavy atom. The standard InChI is InChI=1S/C22H19F3N2O/c23-22(24,25)20-12-11-18(15-27-20)21(28)26-14-13-19(16-7-3-1-4-8-16)17-9-5-2-6-10-17/h1-12,15,19H,13-14H2,(H,26,28). The van der Waals surface area contributed by atoms with Crippen LogP contribution in [0.2, 0.25) is 0 Å². The quantitative estimate of drug-likeness (QED) is 0.646. The number of benzene rings is 2. The van der Waals surface area contributed by atoms with E-state index in [0.29, 0.717) is 13.0 Å². The normalized spacial score (nSPS) is 11.4. The maximum atomic E-state index is 12.6. The van der Waals surface area contributed by atoms with E-state index in [1.807, 2.05) is 60.7 Å². The topological polar surface area (TPSA) is 42.0 Å². The lowest BCUT2D eigenvalue weighted by molar-refractivity contribution is -0.141. The maximum absolute atomic E-state index is 12.6. The van der Waals surface area contributed by atoms with E-state index < -0.39 is 17.8 Å². The van der Waals surface area contributed by atoms with Gasteiger partial charge in [0.15, 0.2) is 0 Å². The van der Waals surface area contributed by atoms with Gasteiger partial charge in [-0.2, -0.15) is 13.2 Å². The monoisotopic (exact) mass is 384 g/mol. The van der Waals surface area contributed by atoms with E-state index in [-0.39, 0.29) is 11.5 Å². The summed E-state index contributed by atoms with van der Waals surface area (Å²) in [6.45, 7) is 0.383. The SMILES string of the molecule is O=C(NCCC(c1ccccc1)c1ccccc1)c1ccc(C(F)(F)F)nc1. The molecule has 0 saturated carbocycles. The van der Waals surface area contributed by atoms with Crippen LogP contribution in [0.4, 0.5) is 13.2 Å². The molecular formula is C22H19F3N2O.